The SMILES string of the molecule is CN(Cc1ccc(N(C)C)cc1)C(=O)[C@@H]1CC(=O)N(c2ccccc2F)C1. The van der Waals surface area contributed by atoms with Crippen LogP contribution in [0.3, 0.4) is 0 Å². The largest absolute Gasteiger partial charge is 0.378 e. The fraction of sp³-hybridized carbons (Fsp3) is 0.333. The third-order valence-corrected chi connectivity index (χ3v) is 4.87. The Morgan fingerprint density at radius 1 is 1.11 bits per heavy atom. The van der Waals surface area contributed by atoms with Gasteiger partial charge in [-0.2, -0.15) is 0 Å². The molecule has 142 valence electrons. The van der Waals surface area contributed by atoms with Crippen LogP contribution < -0.4 is 9.80 Å². The Bertz CT molecular complexity index is 836. The van der Waals surface area contributed by atoms with E-state index in [1.807, 2.05) is 43.3 Å². The van der Waals surface area contributed by atoms with Crippen LogP contribution in [0.2, 0.25) is 0 Å². The molecule has 2 aromatic carbocycles. The molecule has 0 aromatic heterocycles. The Kier molecular flexibility index (Phi) is 5.44. The minimum atomic E-state index is -0.455. The van der Waals surface area contributed by atoms with Gasteiger partial charge in [0.2, 0.25) is 11.8 Å². The highest BCUT2D eigenvalue weighted by atomic mass is 19.1. The summed E-state index contributed by atoms with van der Waals surface area (Å²) >= 11 is 0. The van der Waals surface area contributed by atoms with E-state index in [4.69, 9.17) is 0 Å². The molecule has 6 heteroatoms. The van der Waals surface area contributed by atoms with Crippen LogP contribution in [0.15, 0.2) is 48.5 Å². The summed E-state index contributed by atoms with van der Waals surface area (Å²) in [5.74, 6) is -1.22. The Balaban J connectivity index is 1.65. The fourth-order valence-electron chi connectivity index (χ4n) is 3.34. The lowest BCUT2D eigenvalue weighted by molar-refractivity contribution is -0.135. The topological polar surface area (TPSA) is 43.9 Å². The van der Waals surface area contributed by atoms with Gasteiger partial charge in [0.05, 0.1) is 11.6 Å². The van der Waals surface area contributed by atoms with Crippen LogP contribution in [0.1, 0.15) is 12.0 Å². The van der Waals surface area contributed by atoms with Crippen LogP contribution in [0.25, 0.3) is 0 Å². The van der Waals surface area contributed by atoms with Crippen LogP contribution in [0.5, 0.6) is 0 Å². The normalized spacial score (nSPS) is 16.5. The first-order valence-corrected chi connectivity index (χ1v) is 8.93. The van der Waals surface area contributed by atoms with E-state index in [1.165, 1.54) is 11.0 Å². The average Bonchev–Trinajstić information content (AvgIpc) is 3.03. The quantitative estimate of drug-likeness (QED) is 0.814. The predicted octanol–water partition coefficient (Wildman–Crippen LogP) is 2.90. The molecule has 0 N–H and O–H groups in total. The van der Waals surface area contributed by atoms with Crippen molar-refractivity contribution in [3.8, 4) is 0 Å². The number of benzene rings is 2. The Hall–Kier alpha value is -2.89. The number of hydrogen-bond acceptors (Lipinski definition) is 3. The molecule has 2 aromatic rings. The molecule has 2 amide bonds. The molecule has 1 aliphatic rings. The minimum absolute atomic E-state index is 0.0983. The molecular weight excluding hydrogens is 345 g/mol. The van der Waals surface area contributed by atoms with Gasteiger partial charge in [-0.3, -0.25) is 9.59 Å². The standard InChI is InChI=1S/C21H24FN3O2/c1-23(2)17-10-8-15(9-11-17)13-24(3)21(27)16-12-20(26)25(14-16)19-7-5-4-6-18(19)22/h4-11,16H,12-14H2,1-3H3/t16-/m1/s1. The first-order chi connectivity index (χ1) is 12.9. The molecule has 1 heterocycles. The molecule has 0 unspecified atom stereocenters. The monoisotopic (exact) mass is 369 g/mol. The number of anilines is 2. The van der Waals surface area contributed by atoms with Gasteiger partial charge in [0.1, 0.15) is 5.82 Å². The number of hydrogen-bond donors (Lipinski definition) is 0. The van der Waals surface area contributed by atoms with Crippen LogP contribution in [0, 0.1) is 11.7 Å². The summed E-state index contributed by atoms with van der Waals surface area (Å²) in [4.78, 5) is 30.1. The van der Waals surface area contributed by atoms with Crippen molar-refractivity contribution < 1.29 is 14.0 Å². The van der Waals surface area contributed by atoms with Crippen molar-refractivity contribution >= 4 is 23.2 Å². The van der Waals surface area contributed by atoms with E-state index in [0.717, 1.165) is 11.3 Å². The molecule has 1 saturated heterocycles. The third kappa shape index (κ3) is 4.10. The molecule has 0 spiro atoms. The van der Waals surface area contributed by atoms with Crippen molar-refractivity contribution in [2.45, 2.75) is 13.0 Å². The first-order valence-electron chi connectivity index (χ1n) is 8.93. The second-order valence-corrected chi connectivity index (χ2v) is 7.11. The number of rotatable bonds is 5. The molecule has 0 radical (unpaired) electrons. The van der Waals surface area contributed by atoms with E-state index in [0.29, 0.717) is 6.54 Å². The maximum absolute atomic E-state index is 14.0. The number of halogens is 1. The van der Waals surface area contributed by atoms with E-state index in [-0.39, 0.29) is 30.5 Å². The summed E-state index contributed by atoms with van der Waals surface area (Å²) in [6.07, 6.45) is 0.108. The fourth-order valence-corrected chi connectivity index (χ4v) is 3.34. The van der Waals surface area contributed by atoms with Gasteiger partial charge in [-0.05, 0) is 29.8 Å². The highest BCUT2D eigenvalue weighted by Gasteiger charge is 2.37. The maximum atomic E-state index is 14.0. The summed E-state index contributed by atoms with van der Waals surface area (Å²) < 4.78 is 14.0. The third-order valence-electron chi connectivity index (χ3n) is 4.87. The number of para-hydroxylation sites is 1. The summed E-state index contributed by atoms with van der Waals surface area (Å²) in [5.41, 5.74) is 2.35. The van der Waals surface area contributed by atoms with Gasteiger partial charge in [0.15, 0.2) is 0 Å². The molecule has 0 saturated carbocycles. The molecule has 27 heavy (non-hydrogen) atoms. The van der Waals surface area contributed by atoms with Crippen LogP contribution in [0.4, 0.5) is 15.8 Å². The van der Waals surface area contributed by atoms with Crippen molar-refractivity contribution in [3.63, 3.8) is 0 Å². The summed E-state index contributed by atoms with van der Waals surface area (Å²) in [7, 11) is 5.69. The van der Waals surface area contributed by atoms with Gasteiger partial charge in [0.25, 0.3) is 0 Å². The summed E-state index contributed by atoms with van der Waals surface area (Å²) in [6.45, 7) is 0.680. The zero-order valence-corrected chi connectivity index (χ0v) is 15.9. The van der Waals surface area contributed by atoms with Gasteiger partial charge in [0, 0.05) is 46.3 Å². The Labute approximate surface area is 159 Å². The lowest BCUT2D eigenvalue weighted by Crippen LogP contribution is -2.34. The predicted molar refractivity (Wildman–Crippen MR) is 104 cm³/mol. The van der Waals surface area contributed by atoms with Crippen molar-refractivity contribution in [1.29, 1.82) is 0 Å². The van der Waals surface area contributed by atoms with Crippen LogP contribution in [-0.2, 0) is 16.1 Å². The first kappa shape index (κ1) is 18.9. The van der Waals surface area contributed by atoms with E-state index in [2.05, 4.69) is 0 Å². The molecular formula is C21H24FN3O2. The van der Waals surface area contributed by atoms with Gasteiger partial charge < -0.3 is 14.7 Å². The lowest BCUT2D eigenvalue weighted by Gasteiger charge is -2.22. The molecule has 3 rings (SSSR count). The highest BCUT2D eigenvalue weighted by Crippen LogP contribution is 2.28. The second-order valence-electron chi connectivity index (χ2n) is 7.11. The summed E-state index contributed by atoms with van der Waals surface area (Å²) in [6, 6.07) is 14.1. The zero-order chi connectivity index (χ0) is 19.6. The maximum Gasteiger partial charge on any atom is 0.228 e. The molecule has 1 atom stereocenters. The van der Waals surface area contributed by atoms with Gasteiger partial charge >= 0.3 is 0 Å². The molecule has 5 nitrogen and oxygen atoms in total. The van der Waals surface area contributed by atoms with Crippen LogP contribution >= 0.6 is 0 Å². The summed E-state index contributed by atoms with van der Waals surface area (Å²) in [5, 5.41) is 0. The van der Waals surface area contributed by atoms with E-state index >= 15 is 0 Å². The Morgan fingerprint density at radius 2 is 1.78 bits per heavy atom. The smallest absolute Gasteiger partial charge is 0.228 e. The average molecular weight is 369 g/mol. The zero-order valence-electron chi connectivity index (χ0n) is 15.9. The van der Waals surface area contributed by atoms with E-state index < -0.39 is 11.7 Å². The minimum Gasteiger partial charge on any atom is -0.378 e. The van der Waals surface area contributed by atoms with Crippen molar-refractivity contribution in [2.24, 2.45) is 5.92 Å². The molecule has 0 aliphatic carbocycles. The van der Waals surface area contributed by atoms with Gasteiger partial charge in [-0.15, -0.1) is 0 Å². The molecule has 1 aliphatic heterocycles. The number of amides is 2. The number of carbonyl (C=O) groups is 2. The number of carbonyl (C=O) groups excluding carboxylic acids is 2. The lowest BCUT2D eigenvalue weighted by atomic mass is 10.1. The van der Waals surface area contributed by atoms with Gasteiger partial charge in [-0.25, -0.2) is 4.39 Å². The highest BCUT2D eigenvalue weighted by molar-refractivity contribution is 6.00. The molecule has 0 bridgehead atoms. The van der Waals surface area contributed by atoms with Crippen molar-refractivity contribution in [2.75, 3.05) is 37.5 Å². The Morgan fingerprint density at radius 3 is 2.41 bits per heavy atom. The van der Waals surface area contributed by atoms with Crippen LogP contribution in [-0.4, -0.2) is 44.4 Å². The van der Waals surface area contributed by atoms with E-state index in [9.17, 15) is 14.0 Å². The van der Waals surface area contributed by atoms with Gasteiger partial charge in [-0.1, -0.05) is 24.3 Å². The number of nitrogens with zero attached hydrogens (tertiary/aromatic N) is 3. The van der Waals surface area contributed by atoms with Crippen molar-refractivity contribution in [3.05, 3.63) is 59.9 Å². The molecule has 1 fully saturated rings. The van der Waals surface area contributed by atoms with E-state index in [1.54, 1.807) is 30.1 Å². The van der Waals surface area contributed by atoms with Crippen molar-refractivity contribution in [1.82, 2.24) is 4.90 Å². The second kappa shape index (κ2) is 7.78.